The van der Waals surface area contributed by atoms with Gasteiger partial charge in [0.1, 0.15) is 17.4 Å². The lowest BCUT2D eigenvalue weighted by atomic mass is 10.1. The summed E-state index contributed by atoms with van der Waals surface area (Å²) < 4.78 is 10.2. The molecule has 1 aromatic carbocycles. The van der Waals surface area contributed by atoms with Crippen LogP contribution in [0, 0.1) is 0 Å². The third-order valence-electron chi connectivity index (χ3n) is 1.96. The van der Waals surface area contributed by atoms with E-state index in [0.29, 0.717) is 29.5 Å². The Morgan fingerprint density at radius 3 is 2.56 bits per heavy atom. The molecule has 0 atom stereocenters. The number of carbonyl (C=O) groups excluding carboxylic acids is 1. The van der Waals surface area contributed by atoms with Gasteiger partial charge in [0.15, 0.2) is 5.78 Å². The number of ether oxygens (including phenoxy) is 2. The number of Topliss-reactive ketones (excluding diaryl/α,β-unsaturated/α-hetero) is 1. The first kappa shape index (κ1) is 13.3. The van der Waals surface area contributed by atoms with E-state index >= 15 is 0 Å². The predicted molar refractivity (Wildman–Crippen MR) is 63.8 cm³/mol. The maximum Gasteiger partial charge on any atom is 0.163 e. The maximum atomic E-state index is 11.3. The van der Waals surface area contributed by atoms with Crippen LogP contribution in [0.5, 0.6) is 5.75 Å². The molecule has 88 valence electrons. The summed E-state index contributed by atoms with van der Waals surface area (Å²) >= 11 is 11.8. The first-order valence-electron chi connectivity index (χ1n) is 4.68. The van der Waals surface area contributed by atoms with E-state index < -0.39 is 0 Å². The second-order valence-corrected chi connectivity index (χ2v) is 3.92. The summed E-state index contributed by atoms with van der Waals surface area (Å²) in [5.74, 6) is 0.199. The van der Waals surface area contributed by atoms with Gasteiger partial charge in [-0.05, 0) is 19.1 Å². The fourth-order valence-electron chi connectivity index (χ4n) is 1.18. The van der Waals surface area contributed by atoms with Crippen LogP contribution in [0.3, 0.4) is 0 Å². The molecule has 0 aliphatic heterocycles. The molecule has 0 N–H and O–H groups in total. The Labute approximate surface area is 104 Å². The van der Waals surface area contributed by atoms with Crippen LogP contribution in [-0.2, 0) is 4.74 Å². The van der Waals surface area contributed by atoms with Crippen molar-refractivity contribution >= 4 is 29.0 Å². The molecular formula is C11H12Cl2O3. The van der Waals surface area contributed by atoms with Crippen molar-refractivity contribution in [2.24, 2.45) is 0 Å². The largest absolute Gasteiger partial charge is 0.489 e. The van der Waals surface area contributed by atoms with Gasteiger partial charge in [0.2, 0.25) is 0 Å². The fraction of sp³-hybridized carbons (Fsp3) is 0.364. The maximum absolute atomic E-state index is 11.3. The van der Waals surface area contributed by atoms with E-state index in [9.17, 15) is 4.79 Å². The normalized spacial score (nSPS) is 10.2. The Morgan fingerprint density at radius 1 is 1.31 bits per heavy atom. The number of halogens is 2. The lowest BCUT2D eigenvalue weighted by molar-refractivity contribution is 0.100. The molecule has 0 spiro atoms. The van der Waals surface area contributed by atoms with Crippen molar-refractivity contribution in [1.82, 2.24) is 0 Å². The van der Waals surface area contributed by atoms with Crippen molar-refractivity contribution < 1.29 is 14.3 Å². The molecule has 0 fully saturated rings. The predicted octanol–water partition coefficient (Wildman–Crippen LogP) is 3.22. The van der Waals surface area contributed by atoms with Crippen LogP contribution >= 0.6 is 23.2 Å². The molecule has 1 aromatic rings. The summed E-state index contributed by atoms with van der Waals surface area (Å²) in [6.07, 6.45) is 0. The monoisotopic (exact) mass is 262 g/mol. The minimum Gasteiger partial charge on any atom is -0.489 e. The molecule has 1 rings (SSSR count). The van der Waals surface area contributed by atoms with Crippen LogP contribution in [0.1, 0.15) is 17.3 Å². The molecule has 3 nitrogen and oxygen atoms in total. The quantitative estimate of drug-likeness (QED) is 0.604. The van der Waals surface area contributed by atoms with Gasteiger partial charge in [-0.25, -0.2) is 0 Å². The summed E-state index contributed by atoms with van der Waals surface area (Å²) in [6, 6.07) is 3.17. The highest BCUT2D eigenvalue weighted by atomic mass is 35.5. The van der Waals surface area contributed by atoms with E-state index in [2.05, 4.69) is 0 Å². The van der Waals surface area contributed by atoms with Crippen molar-refractivity contribution in [2.75, 3.05) is 20.3 Å². The van der Waals surface area contributed by atoms with Gasteiger partial charge in [-0.1, -0.05) is 23.2 Å². The SMILES string of the molecule is COCCOc1c(C(C)=O)ccc(Cl)c1Cl. The number of hydrogen-bond donors (Lipinski definition) is 0. The number of hydrogen-bond acceptors (Lipinski definition) is 3. The summed E-state index contributed by atoms with van der Waals surface area (Å²) in [7, 11) is 1.56. The van der Waals surface area contributed by atoms with E-state index in [4.69, 9.17) is 32.7 Å². The highest BCUT2D eigenvalue weighted by molar-refractivity contribution is 6.43. The average Bonchev–Trinajstić information content (AvgIpc) is 2.24. The van der Waals surface area contributed by atoms with Crippen LogP contribution in [0.15, 0.2) is 12.1 Å². The standard InChI is InChI=1S/C11H12Cl2O3/c1-7(14)8-3-4-9(12)10(13)11(8)16-6-5-15-2/h3-4H,5-6H2,1-2H3. The van der Waals surface area contributed by atoms with Crippen LogP contribution in [-0.4, -0.2) is 26.1 Å². The lowest BCUT2D eigenvalue weighted by Gasteiger charge is -2.12. The second-order valence-electron chi connectivity index (χ2n) is 3.14. The molecule has 0 aliphatic rings. The van der Waals surface area contributed by atoms with Gasteiger partial charge in [-0.15, -0.1) is 0 Å². The van der Waals surface area contributed by atoms with E-state index in [-0.39, 0.29) is 10.8 Å². The van der Waals surface area contributed by atoms with Crippen LogP contribution in [0.2, 0.25) is 10.0 Å². The van der Waals surface area contributed by atoms with Gasteiger partial charge in [-0.2, -0.15) is 0 Å². The molecule has 5 heteroatoms. The first-order chi connectivity index (χ1) is 7.57. The Hall–Kier alpha value is -0.770. The topological polar surface area (TPSA) is 35.5 Å². The number of rotatable bonds is 5. The molecule has 0 aromatic heterocycles. The molecule has 0 amide bonds. The highest BCUT2D eigenvalue weighted by Gasteiger charge is 2.15. The average molecular weight is 263 g/mol. The third kappa shape index (κ3) is 3.11. The Balaban J connectivity index is 3.01. The molecule has 0 radical (unpaired) electrons. The zero-order valence-electron chi connectivity index (χ0n) is 9.05. The third-order valence-corrected chi connectivity index (χ3v) is 2.75. The number of methoxy groups -OCH3 is 1. The van der Waals surface area contributed by atoms with Crippen LogP contribution in [0.4, 0.5) is 0 Å². The van der Waals surface area contributed by atoms with Crippen molar-refractivity contribution in [2.45, 2.75) is 6.92 Å². The van der Waals surface area contributed by atoms with Gasteiger partial charge in [-0.3, -0.25) is 4.79 Å². The summed E-state index contributed by atoms with van der Waals surface area (Å²) in [5, 5.41) is 0.615. The van der Waals surface area contributed by atoms with E-state index in [0.717, 1.165) is 0 Å². The summed E-state index contributed by atoms with van der Waals surface area (Å²) in [4.78, 5) is 11.3. The molecule has 0 bridgehead atoms. The molecular weight excluding hydrogens is 251 g/mol. The molecule has 0 heterocycles. The first-order valence-corrected chi connectivity index (χ1v) is 5.44. The molecule has 0 saturated carbocycles. The van der Waals surface area contributed by atoms with Gasteiger partial charge in [0.05, 0.1) is 17.2 Å². The fourth-order valence-corrected chi connectivity index (χ4v) is 1.55. The van der Waals surface area contributed by atoms with Crippen molar-refractivity contribution in [1.29, 1.82) is 0 Å². The van der Waals surface area contributed by atoms with Gasteiger partial charge in [0.25, 0.3) is 0 Å². The number of benzene rings is 1. The minimum atomic E-state index is -0.119. The zero-order valence-corrected chi connectivity index (χ0v) is 10.6. The Kier molecular flexibility index (Phi) is 5.06. The van der Waals surface area contributed by atoms with Crippen LogP contribution in [0.25, 0.3) is 0 Å². The summed E-state index contributed by atoms with van der Waals surface area (Å²) in [6.45, 7) is 2.18. The lowest BCUT2D eigenvalue weighted by Crippen LogP contribution is -2.08. The smallest absolute Gasteiger partial charge is 0.163 e. The molecule has 0 unspecified atom stereocenters. The second kappa shape index (κ2) is 6.09. The number of carbonyl (C=O) groups is 1. The van der Waals surface area contributed by atoms with E-state index in [1.54, 1.807) is 19.2 Å². The molecule has 0 saturated heterocycles. The van der Waals surface area contributed by atoms with Crippen molar-refractivity contribution in [3.05, 3.63) is 27.7 Å². The zero-order chi connectivity index (χ0) is 12.1. The van der Waals surface area contributed by atoms with E-state index in [1.807, 2.05) is 0 Å². The molecule has 16 heavy (non-hydrogen) atoms. The van der Waals surface area contributed by atoms with Gasteiger partial charge in [0, 0.05) is 7.11 Å². The minimum absolute atomic E-state index is 0.119. The van der Waals surface area contributed by atoms with Gasteiger partial charge < -0.3 is 9.47 Å². The Bertz CT molecular complexity index is 391. The van der Waals surface area contributed by atoms with Crippen LogP contribution < -0.4 is 4.74 Å². The number of ketones is 1. The van der Waals surface area contributed by atoms with Crippen molar-refractivity contribution in [3.63, 3.8) is 0 Å². The van der Waals surface area contributed by atoms with E-state index in [1.165, 1.54) is 6.92 Å². The summed E-state index contributed by atoms with van der Waals surface area (Å²) in [5.41, 5.74) is 0.422. The van der Waals surface area contributed by atoms with Crippen molar-refractivity contribution in [3.8, 4) is 5.75 Å². The van der Waals surface area contributed by atoms with Gasteiger partial charge >= 0.3 is 0 Å². The Morgan fingerprint density at radius 2 is 2.00 bits per heavy atom. The highest BCUT2D eigenvalue weighted by Crippen LogP contribution is 2.35. The molecule has 0 aliphatic carbocycles.